The number of nitrogens with one attached hydrogen (secondary N) is 1. The number of hydrogen-bond donors (Lipinski definition) is 1. The van der Waals surface area contributed by atoms with Crippen LogP contribution in [0.25, 0.3) is 0 Å². The fraction of sp³-hybridized carbons (Fsp3) is 0.357. The summed E-state index contributed by atoms with van der Waals surface area (Å²) in [4.78, 5) is 33.4. The second kappa shape index (κ2) is 11.0. The first-order valence-electron chi connectivity index (χ1n) is 12.4. The summed E-state index contributed by atoms with van der Waals surface area (Å²) in [5, 5.41) is 0. The summed E-state index contributed by atoms with van der Waals surface area (Å²) in [6.07, 6.45) is 3.99. The van der Waals surface area contributed by atoms with Crippen LogP contribution in [0.1, 0.15) is 33.1 Å². The molecule has 2 bridgehead atoms. The maximum absolute atomic E-state index is 13.9. The molecule has 0 fully saturated rings. The number of aromatic amines is 1. The SMILES string of the molecule is COc1cc2c(cc1OC)C1c3ccc(cc3)OCCOCCN(C(=O)c3cc[nH]c3)CC(=O)N1CC2. The van der Waals surface area contributed by atoms with Crippen molar-refractivity contribution in [3.8, 4) is 17.2 Å². The monoisotopic (exact) mass is 505 g/mol. The maximum Gasteiger partial charge on any atom is 0.255 e. The number of aromatic nitrogens is 1. The van der Waals surface area contributed by atoms with Crippen molar-refractivity contribution in [1.82, 2.24) is 14.8 Å². The number of rotatable bonds is 3. The fourth-order valence-electron chi connectivity index (χ4n) is 4.96. The number of hydrogen-bond acceptors (Lipinski definition) is 6. The second-order valence-electron chi connectivity index (χ2n) is 9.00. The summed E-state index contributed by atoms with van der Waals surface area (Å²) < 4.78 is 22.7. The van der Waals surface area contributed by atoms with E-state index in [9.17, 15) is 9.59 Å². The van der Waals surface area contributed by atoms with Gasteiger partial charge in [0.05, 0.1) is 39.0 Å². The first kappa shape index (κ1) is 24.7. The van der Waals surface area contributed by atoms with Crippen LogP contribution in [0.4, 0.5) is 0 Å². The number of fused-ring (bicyclic) bond motifs is 11. The van der Waals surface area contributed by atoms with Gasteiger partial charge in [-0.2, -0.15) is 0 Å². The molecule has 37 heavy (non-hydrogen) atoms. The van der Waals surface area contributed by atoms with Gasteiger partial charge in [0.2, 0.25) is 5.91 Å². The Balaban J connectivity index is 1.54. The Kier molecular flexibility index (Phi) is 7.32. The molecule has 1 aromatic heterocycles. The van der Waals surface area contributed by atoms with Crippen LogP contribution in [0.2, 0.25) is 0 Å². The normalized spacial score (nSPS) is 18.2. The van der Waals surface area contributed by atoms with Gasteiger partial charge in [-0.3, -0.25) is 9.59 Å². The van der Waals surface area contributed by atoms with Crippen molar-refractivity contribution >= 4 is 11.8 Å². The number of carbonyl (C=O) groups is 2. The van der Waals surface area contributed by atoms with Crippen molar-refractivity contribution in [3.05, 3.63) is 77.1 Å². The van der Waals surface area contributed by atoms with E-state index < -0.39 is 0 Å². The lowest BCUT2D eigenvalue weighted by molar-refractivity contribution is -0.134. The summed E-state index contributed by atoms with van der Waals surface area (Å²) >= 11 is 0. The molecule has 3 aromatic rings. The van der Waals surface area contributed by atoms with Gasteiger partial charge < -0.3 is 33.7 Å². The van der Waals surface area contributed by atoms with Crippen molar-refractivity contribution in [2.45, 2.75) is 12.5 Å². The lowest BCUT2D eigenvalue weighted by Gasteiger charge is -2.39. The van der Waals surface area contributed by atoms with Gasteiger partial charge in [-0.1, -0.05) is 12.1 Å². The molecule has 0 aliphatic carbocycles. The molecule has 9 nitrogen and oxygen atoms in total. The van der Waals surface area contributed by atoms with E-state index in [1.165, 1.54) is 0 Å². The Hall–Kier alpha value is -3.98. The van der Waals surface area contributed by atoms with Gasteiger partial charge in [0, 0.05) is 25.5 Å². The average Bonchev–Trinajstić information content (AvgIpc) is 3.47. The van der Waals surface area contributed by atoms with Crippen molar-refractivity contribution < 1.29 is 28.5 Å². The van der Waals surface area contributed by atoms with E-state index in [4.69, 9.17) is 18.9 Å². The van der Waals surface area contributed by atoms with Gasteiger partial charge in [-0.25, -0.2) is 0 Å². The standard InChI is InChI=1S/C28H31N3O6/c1-34-24-15-20-8-10-31-26(32)18-30(28(33)21-7-9-29-17-21)11-12-36-13-14-37-22-5-3-19(4-6-22)27(31)23(20)16-25(24)35-2/h3-7,9,15-17,27,29H,8,10-14,18H2,1-2H3. The molecule has 1 unspecified atom stereocenters. The first-order valence-corrected chi connectivity index (χ1v) is 12.4. The van der Waals surface area contributed by atoms with Crippen LogP contribution >= 0.6 is 0 Å². The van der Waals surface area contributed by atoms with Crippen LogP contribution in [0.15, 0.2) is 54.9 Å². The molecule has 4 heterocycles. The topological polar surface area (TPSA) is 93.3 Å². The highest BCUT2D eigenvalue weighted by Crippen LogP contribution is 2.41. The minimum Gasteiger partial charge on any atom is -0.493 e. The number of H-pyrrole nitrogens is 1. The van der Waals surface area contributed by atoms with Crippen molar-refractivity contribution in [3.63, 3.8) is 0 Å². The van der Waals surface area contributed by atoms with E-state index >= 15 is 0 Å². The molecule has 1 N–H and O–H groups in total. The van der Waals surface area contributed by atoms with Gasteiger partial charge in [0.25, 0.3) is 5.91 Å². The van der Waals surface area contributed by atoms with Crippen LogP contribution in [0, 0.1) is 0 Å². The average molecular weight is 506 g/mol. The molecular formula is C28H31N3O6. The highest BCUT2D eigenvalue weighted by Gasteiger charge is 2.34. The molecule has 2 aromatic carbocycles. The number of benzene rings is 2. The molecule has 0 radical (unpaired) electrons. The Morgan fingerprint density at radius 1 is 1.00 bits per heavy atom. The molecule has 3 aliphatic heterocycles. The van der Waals surface area contributed by atoms with E-state index in [2.05, 4.69) is 4.98 Å². The highest BCUT2D eigenvalue weighted by atomic mass is 16.5. The molecule has 3 aliphatic rings. The van der Waals surface area contributed by atoms with E-state index in [-0.39, 0.29) is 24.4 Å². The summed E-state index contributed by atoms with van der Waals surface area (Å²) in [6, 6.07) is 13.1. The lowest BCUT2D eigenvalue weighted by atomic mass is 9.87. The Morgan fingerprint density at radius 3 is 2.51 bits per heavy atom. The molecule has 194 valence electrons. The van der Waals surface area contributed by atoms with E-state index in [0.29, 0.717) is 56.4 Å². The smallest absolute Gasteiger partial charge is 0.255 e. The minimum absolute atomic E-state index is 0.0545. The maximum atomic E-state index is 13.9. The van der Waals surface area contributed by atoms with Crippen molar-refractivity contribution in [2.75, 3.05) is 53.7 Å². The summed E-state index contributed by atoms with van der Waals surface area (Å²) in [6.45, 7) is 1.81. The number of carbonyl (C=O) groups excluding carboxylic acids is 2. The number of ether oxygens (including phenoxy) is 4. The summed E-state index contributed by atoms with van der Waals surface area (Å²) in [7, 11) is 3.22. The predicted octanol–water partition coefficient (Wildman–Crippen LogP) is 3.06. The van der Waals surface area contributed by atoms with Gasteiger partial charge in [-0.15, -0.1) is 0 Å². The van der Waals surface area contributed by atoms with E-state index in [0.717, 1.165) is 22.4 Å². The zero-order chi connectivity index (χ0) is 25.8. The summed E-state index contributed by atoms with van der Waals surface area (Å²) in [5.74, 6) is 1.64. The van der Waals surface area contributed by atoms with Gasteiger partial charge >= 0.3 is 0 Å². The van der Waals surface area contributed by atoms with Crippen molar-refractivity contribution in [1.29, 1.82) is 0 Å². The van der Waals surface area contributed by atoms with Crippen LogP contribution in [-0.4, -0.2) is 80.3 Å². The third-order valence-electron chi connectivity index (χ3n) is 6.85. The largest absolute Gasteiger partial charge is 0.493 e. The molecule has 0 saturated carbocycles. The van der Waals surface area contributed by atoms with Gasteiger partial charge in [0.15, 0.2) is 11.5 Å². The van der Waals surface area contributed by atoms with Crippen LogP contribution in [0.5, 0.6) is 17.2 Å². The first-order chi connectivity index (χ1) is 18.1. The zero-order valence-corrected chi connectivity index (χ0v) is 21.1. The van der Waals surface area contributed by atoms with E-state index in [1.54, 1.807) is 37.6 Å². The minimum atomic E-state index is -0.351. The third-order valence-corrected chi connectivity index (χ3v) is 6.85. The predicted molar refractivity (Wildman–Crippen MR) is 136 cm³/mol. The lowest BCUT2D eigenvalue weighted by Crippen LogP contribution is -2.47. The molecule has 6 rings (SSSR count). The van der Waals surface area contributed by atoms with Gasteiger partial charge in [0.1, 0.15) is 18.9 Å². The molecule has 2 amide bonds. The van der Waals surface area contributed by atoms with Crippen LogP contribution < -0.4 is 14.2 Å². The number of methoxy groups -OCH3 is 2. The Morgan fingerprint density at radius 2 is 1.78 bits per heavy atom. The molecule has 1 atom stereocenters. The van der Waals surface area contributed by atoms with Crippen molar-refractivity contribution in [2.24, 2.45) is 0 Å². The van der Waals surface area contributed by atoms with E-state index in [1.807, 2.05) is 41.3 Å². The quantitative estimate of drug-likeness (QED) is 0.550. The van der Waals surface area contributed by atoms with Gasteiger partial charge in [-0.05, 0) is 53.4 Å². The molecule has 0 saturated heterocycles. The zero-order valence-electron chi connectivity index (χ0n) is 21.1. The van der Waals surface area contributed by atoms with Crippen LogP contribution in [0.3, 0.4) is 0 Å². The molecular weight excluding hydrogens is 474 g/mol. The second-order valence-corrected chi connectivity index (χ2v) is 9.00. The fourth-order valence-corrected chi connectivity index (χ4v) is 4.96. The molecule has 9 heteroatoms. The Bertz CT molecular complexity index is 1240. The number of amides is 2. The molecule has 0 spiro atoms. The number of nitrogens with zero attached hydrogens (tertiary/aromatic N) is 2. The van der Waals surface area contributed by atoms with Crippen LogP contribution in [-0.2, 0) is 16.0 Å². The highest BCUT2D eigenvalue weighted by molar-refractivity contribution is 5.96. The third kappa shape index (κ3) is 5.13. The Labute approximate surface area is 215 Å². The summed E-state index contributed by atoms with van der Waals surface area (Å²) in [5.41, 5.74) is 3.52.